The van der Waals surface area contributed by atoms with E-state index >= 15 is 0 Å². The third-order valence-corrected chi connectivity index (χ3v) is 25.2. The van der Waals surface area contributed by atoms with E-state index in [4.69, 9.17) is 39.4 Å². The first-order chi connectivity index (χ1) is 64.4. The molecular weight excluding hydrogens is 1740 g/mol. The van der Waals surface area contributed by atoms with Gasteiger partial charge in [-0.1, -0.05) is 83.1 Å². The summed E-state index contributed by atoms with van der Waals surface area (Å²) < 4.78 is 112. The summed E-state index contributed by atoms with van der Waals surface area (Å²) in [7, 11) is 5.68. The molecule has 29 nitrogen and oxygen atoms in total. The number of fused-ring (bicyclic) bond motifs is 1. The molecule has 134 heavy (non-hydrogen) atoms. The average Bonchev–Trinajstić information content (AvgIpc) is 1.56. The van der Waals surface area contributed by atoms with Crippen molar-refractivity contribution < 1.29 is 64.2 Å². The Kier molecular flexibility index (Phi) is 29.2. The Balaban J connectivity index is 0.000000143. The minimum atomic E-state index is -3.67. The van der Waals surface area contributed by atoms with Crippen LogP contribution in [0.1, 0.15) is 139 Å². The number of nitrogens with one attached hydrogen (secondary N) is 4. The van der Waals surface area contributed by atoms with E-state index in [1.165, 1.54) is 67.7 Å². The number of hydrogen-bond donors (Lipinski definition) is 4. The van der Waals surface area contributed by atoms with Crippen LogP contribution in [-0.2, 0) is 30.0 Å². The lowest BCUT2D eigenvalue weighted by atomic mass is 9.87. The number of amidine groups is 3. The zero-order valence-corrected chi connectivity index (χ0v) is 77.3. The predicted molar refractivity (Wildman–Crippen MR) is 504 cm³/mol. The molecule has 0 bridgehead atoms. The molecule has 4 N–H and O–H groups in total. The largest absolute Gasteiger partial charge is 0.495 e. The summed E-state index contributed by atoms with van der Waals surface area (Å²) in [4.78, 5) is 64.1. The van der Waals surface area contributed by atoms with Crippen LogP contribution >= 0.6 is 0 Å². The van der Waals surface area contributed by atoms with E-state index in [2.05, 4.69) is 52.5 Å². The van der Waals surface area contributed by atoms with E-state index < -0.39 is 33.5 Å². The molecule has 0 saturated carbocycles. The fraction of sp³-hybridized carbons (Fsp3) is 0.250. The number of amides is 3. The number of halogens is 4. The van der Waals surface area contributed by atoms with Crippen molar-refractivity contribution in [1.29, 1.82) is 10.8 Å². The van der Waals surface area contributed by atoms with Crippen LogP contribution in [0, 0.1) is 61.8 Å². The predicted octanol–water partition coefficient (Wildman–Crippen LogP) is 16.6. The van der Waals surface area contributed by atoms with Crippen molar-refractivity contribution in [3.63, 3.8) is 0 Å². The van der Waals surface area contributed by atoms with Crippen LogP contribution in [0.5, 0.6) is 23.0 Å². The number of methoxy groups -OCH3 is 4. The highest BCUT2D eigenvalue weighted by molar-refractivity contribution is 7.89. The van der Waals surface area contributed by atoms with Gasteiger partial charge in [0.25, 0.3) is 0 Å². The van der Waals surface area contributed by atoms with Crippen LogP contribution in [0.25, 0.3) is 47.1 Å². The van der Waals surface area contributed by atoms with Crippen LogP contribution in [0.2, 0.25) is 0 Å². The van der Waals surface area contributed by atoms with Gasteiger partial charge in [0.05, 0.1) is 134 Å². The first-order valence-electron chi connectivity index (χ1n) is 43.0. The molecule has 3 saturated heterocycles. The number of oxime groups is 2. The second-order valence-electron chi connectivity index (χ2n) is 32.4. The fourth-order valence-electron chi connectivity index (χ4n) is 16.4. The normalized spacial score (nSPS) is 17.6. The summed E-state index contributed by atoms with van der Waals surface area (Å²) in [5, 5.41) is 29.5. The number of hydrogen-bond acceptors (Lipinski definition) is 19. The summed E-state index contributed by atoms with van der Waals surface area (Å²) in [6.07, 6.45) is 24.1. The average molecular weight is 1840 g/mol. The summed E-state index contributed by atoms with van der Waals surface area (Å²) >= 11 is 0. The van der Waals surface area contributed by atoms with Gasteiger partial charge >= 0.3 is 6.03 Å². The van der Waals surface area contributed by atoms with Gasteiger partial charge in [-0.15, -0.1) is 0 Å². The lowest BCUT2D eigenvalue weighted by Crippen LogP contribution is -2.52. The van der Waals surface area contributed by atoms with Gasteiger partial charge in [0.1, 0.15) is 66.3 Å². The number of carbonyl (C=O) groups excluding carboxylic acids is 2. The van der Waals surface area contributed by atoms with Crippen molar-refractivity contribution in [3.05, 3.63) is 344 Å². The molecule has 3 amide bonds. The smallest absolute Gasteiger partial charge is 0.324 e. The zero-order chi connectivity index (χ0) is 95.4. The van der Waals surface area contributed by atoms with Gasteiger partial charge in [0, 0.05) is 49.9 Å². The summed E-state index contributed by atoms with van der Waals surface area (Å²) in [6, 6.07) is 45.9. The highest BCUT2D eigenvalue weighted by Crippen LogP contribution is 2.38. The van der Waals surface area contributed by atoms with Crippen molar-refractivity contribution in [3.8, 4) is 45.7 Å². The van der Waals surface area contributed by atoms with Crippen molar-refractivity contribution >= 4 is 63.8 Å². The molecule has 0 spiro atoms. The Morgan fingerprint density at radius 2 is 0.843 bits per heavy atom. The van der Waals surface area contributed by atoms with Crippen molar-refractivity contribution in [2.24, 2.45) is 15.3 Å². The van der Waals surface area contributed by atoms with E-state index in [1.807, 2.05) is 186 Å². The Morgan fingerprint density at radius 3 is 1.24 bits per heavy atom. The first kappa shape index (κ1) is 94.6. The SMILES string of the molecule is CON=C1/C(=C/c2ccc(-n3cnc(C)c3)c(OC)c2)CCC(=O)N1C(C)c1ccc(F)cc1.CON=C1/C(=C/c2ccc(-n3cnc(C)c3)c(OC)c2)CNC(=O)N1C(C)c1ccc(F)cc1.COc1cc(/C=C2\CCS(=O)(=O)N(C(C)c3ccc(F)cc3)C2=N)ccc1-n1cnc(C)c1.COc1cc(/C=c2\[nH]c3n(c2=N)C(C)(c2ccc(F)cc2)CCN=3)ccc1-n1cnc(C)c1. The van der Waals surface area contributed by atoms with Crippen LogP contribution in [0.3, 0.4) is 0 Å². The standard InChI is InChI=1S/C26H27FN4O3.C25H25FN6O.C25H26FN5O3.C24H25FN4O3S/c1-17-15-30(16-28-17)23-11-5-19(14-24(23)33-3)13-21-8-12-25(32)31(26(21)29-34-4)18(2)20-6-9-22(27)10-7-20;1-16-14-31(15-29-16)21-9-4-17(13-22(21)33-3)12-20-23(27)32-24(30-20)28-11-10-25(32,2)18-5-7-19(26)8-6-18;1-16-14-30(15-28-16)22-10-5-18(12-23(22)33-3)11-20-13-27-25(32)31(24(20)29-34-4)17(2)19-6-8-21(26)9-7-19;1-16-14-28(15-27-16)22-9-4-18(13-23(22)32-3)12-20-10-11-33(30,31)29(24(20)26)17(2)19-5-7-21(25)8-6-19/h5-7,9-11,13-16,18H,8,12H2,1-4H3;4-9,12-15,27H,10-11H2,1-3H3,(H,28,30);5-12,14-15,17H,13H2,1-4H3,(H,27,32);4-9,12-15,17,26H,10-11H2,1-3H3/b21-13+,29-26?;20-12-,27-23?;20-11+,29-24?;20-12+,26-24?. The molecule has 5 aromatic heterocycles. The van der Waals surface area contributed by atoms with Gasteiger partial charge < -0.3 is 57.2 Å². The molecule has 692 valence electrons. The molecule has 0 radical (unpaired) electrons. The summed E-state index contributed by atoms with van der Waals surface area (Å²) in [6.45, 7) is 16.1. The molecule has 4 unspecified atom stereocenters. The number of carbonyl (C=O) groups is 2. The zero-order valence-electron chi connectivity index (χ0n) is 76.5. The minimum Gasteiger partial charge on any atom is -0.495 e. The molecule has 4 atom stereocenters. The highest BCUT2D eigenvalue weighted by Gasteiger charge is 2.39. The maximum absolute atomic E-state index is 13.5. The number of aromatic amines is 1. The minimum absolute atomic E-state index is 0.0619. The van der Waals surface area contributed by atoms with Gasteiger partial charge in [-0.05, 0) is 252 Å². The number of aromatic nitrogens is 10. The second-order valence-corrected chi connectivity index (χ2v) is 34.4. The van der Waals surface area contributed by atoms with Crippen molar-refractivity contribution in [2.75, 3.05) is 61.5 Å². The molecule has 34 heteroatoms. The molecule has 8 aromatic carbocycles. The number of piperidine rings is 1. The Labute approximate surface area is 772 Å². The maximum atomic E-state index is 13.5. The molecule has 3 fully saturated rings. The first-order valence-corrected chi connectivity index (χ1v) is 44.6. The van der Waals surface area contributed by atoms with Gasteiger partial charge in [0.2, 0.25) is 21.5 Å². The second kappa shape index (κ2) is 41.3. The van der Waals surface area contributed by atoms with E-state index in [-0.39, 0.29) is 60.0 Å². The van der Waals surface area contributed by atoms with E-state index in [1.54, 1.807) is 114 Å². The van der Waals surface area contributed by atoms with Crippen LogP contribution in [0.15, 0.2) is 252 Å². The Hall–Kier alpha value is -15.5. The van der Waals surface area contributed by atoms with Gasteiger partial charge in [-0.25, -0.2) is 55.0 Å². The molecular formula is C100H103F4N19O10S. The third kappa shape index (κ3) is 21.1. The fourth-order valence-corrected chi connectivity index (χ4v) is 18.1. The topological polar surface area (TPSA) is 322 Å². The number of nitrogens with zero attached hydrogens (tertiary/aromatic N) is 15. The van der Waals surface area contributed by atoms with Crippen LogP contribution < -0.4 is 40.7 Å². The Morgan fingerprint density at radius 1 is 0.470 bits per heavy atom. The monoisotopic (exact) mass is 1840 g/mol. The maximum Gasteiger partial charge on any atom is 0.324 e. The van der Waals surface area contributed by atoms with Gasteiger partial charge in [0.15, 0.2) is 17.2 Å². The number of imidazole rings is 5. The van der Waals surface area contributed by atoms with Crippen LogP contribution in [-0.4, -0.2) is 161 Å². The molecule has 4 aliphatic rings. The molecule has 13 aromatic rings. The molecule has 17 rings (SSSR count). The summed E-state index contributed by atoms with van der Waals surface area (Å²) in [5.41, 5.74) is 16.4. The van der Waals surface area contributed by atoms with Crippen LogP contribution in [0.4, 0.5) is 22.4 Å². The lowest BCUT2D eigenvalue weighted by molar-refractivity contribution is -0.129. The lowest BCUT2D eigenvalue weighted by Gasteiger charge is -2.35. The van der Waals surface area contributed by atoms with Crippen molar-refractivity contribution in [2.45, 2.75) is 105 Å². The molecule has 9 heterocycles. The highest BCUT2D eigenvalue weighted by atomic mass is 32.2. The third-order valence-electron chi connectivity index (χ3n) is 23.4. The van der Waals surface area contributed by atoms with E-state index in [0.717, 1.165) is 106 Å². The number of sulfonamides is 1. The molecule has 4 aliphatic heterocycles. The van der Waals surface area contributed by atoms with Crippen molar-refractivity contribution in [1.82, 2.24) is 67.2 Å². The van der Waals surface area contributed by atoms with E-state index in [0.29, 0.717) is 81.6 Å². The number of rotatable bonds is 21. The number of likely N-dealkylation sites (tertiary alicyclic amines) is 1. The van der Waals surface area contributed by atoms with Gasteiger partial charge in [-0.2, -0.15) is 0 Å². The number of H-pyrrole nitrogens is 1. The number of benzene rings is 8. The Bertz CT molecular complexity index is 6800. The van der Waals surface area contributed by atoms with E-state index in [9.17, 15) is 35.6 Å². The number of urea groups is 1. The quantitative estimate of drug-likeness (QED) is 0.0384. The number of ether oxygens (including phenoxy) is 4. The summed E-state index contributed by atoms with van der Waals surface area (Å²) in [5.74, 6) is 1.97. The van der Waals surface area contributed by atoms with Gasteiger partial charge in [-0.3, -0.25) is 35.0 Å². The molecule has 0 aliphatic carbocycles. The number of aryl methyl sites for hydroxylation is 4.